The first-order valence-corrected chi connectivity index (χ1v) is 9.93. The minimum Gasteiger partial charge on any atom is -0.493 e. The summed E-state index contributed by atoms with van der Waals surface area (Å²) in [6, 6.07) is 24.5. The Bertz CT molecular complexity index is 950. The van der Waals surface area contributed by atoms with Gasteiger partial charge in [-0.2, -0.15) is 5.10 Å². The SMILES string of the molecule is CC(C)COc1ccc(C(=O)N/N=C/c2ccc(OCc3ccccc3)cc2)cc1. The van der Waals surface area contributed by atoms with Gasteiger partial charge in [0.15, 0.2) is 0 Å². The van der Waals surface area contributed by atoms with Gasteiger partial charge in [-0.05, 0) is 65.6 Å². The molecule has 0 aliphatic carbocycles. The first kappa shape index (κ1) is 21.1. The number of nitrogens with zero attached hydrogens (tertiary/aromatic N) is 1. The maximum Gasteiger partial charge on any atom is 0.271 e. The van der Waals surface area contributed by atoms with E-state index < -0.39 is 0 Å². The molecule has 0 radical (unpaired) electrons. The van der Waals surface area contributed by atoms with Crippen molar-refractivity contribution in [2.45, 2.75) is 20.5 Å². The van der Waals surface area contributed by atoms with E-state index >= 15 is 0 Å². The van der Waals surface area contributed by atoms with Crippen LogP contribution in [-0.4, -0.2) is 18.7 Å². The third-order valence-electron chi connectivity index (χ3n) is 4.21. The number of amides is 1. The minimum atomic E-state index is -0.274. The smallest absolute Gasteiger partial charge is 0.271 e. The number of carbonyl (C=O) groups is 1. The fraction of sp³-hybridized carbons (Fsp3) is 0.200. The van der Waals surface area contributed by atoms with Crippen molar-refractivity contribution >= 4 is 12.1 Å². The van der Waals surface area contributed by atoms with Crippen LogP contribution in [0.4, 0.5) is 0 Å². The summed E-state index contributed by atoms with van der Waals surface area (Å²) in [4.78, 5) is 12.2. The van der Waals surface area contributed by atoms with E-state index in [4.69, 9.17) is 9.47 Å². The summed E-state index contributed by atoms with van der Waals surface area (Å²) in [5, 5.41) is 4.03. The number of hydrazone groups is 1. The Kier molecular flexibility index (Phi) is 7.61. The second kappa shape index (κ2) is 10.8. The van der Waals surface area contributed by atoms with E-state index in [1.54, 1.807) is 30.5 Å². The number of carbonyl (C=O) groups excluding carboxylic acids is 1. The summed E-state index contributed by atoms with van der Waals surface area (Å²) in [6.45, 7) is 5.34. The Morgan fingerprint density at radius 3 is 2.20 bits per heavy atom. The second-order valence-corrected chi connectivity index (χ2v) is 7.27. The highest BCUT2D eigenvalue weighted by Crippen LogP contribution is 2.14. The summed E-state index contributed by atoms with van der Waals surface area (Å²) in [6.07, 6.45) is 1.60. The Morgan fingerprint density at radius 1 is 0.900 bits per heavy atom. The van der Waals surface area contributed by atoms with Crippen LogP contribution in [0.1, 0.15) is 35.3 Å². The van der Waals surface area contributed by atoms with Gasteiger partial charge in [0.2, 0.25) is 0 Å². The van der Waals surface area contributed by atoms with Crippen LogP contribution in [0.2, 0.25) is 0 Å². The lowest BCUT2D eigenvalue weighted by atomic mass is 10.2. The summed E-state index contributed by atoms with van der Waals surface area (Å²) < 4.78 is 11.4. The van der Waals surface area contributed by atoms with Gasteiger partial charge in [0.25, 0.3) is 5.91 Å². The number of benzene rings is 3. The second-order valence-electron chi connectivity index (χ2n) is 7.27. The van der Waals surface area contributed by atoms with E-state index in [1.807, 2.05) is 54.6 Å². The Hall–Kier alpha value is -3.60. The van der Waals surface area contributed by atoms with E-state index in [1.165, 1.54) is 0 Å². The number of nitrogens with one attached hydrogen (secondary N) is 1. The lowest BCUT2D eigenvalue weighted by Crippen LogP contribution is -2.17. The minimum absolute atomic E-state index is 0.274. The molecule has 0 fully saturated rings. The van der Waals surface area contributed by atoms with E-state index in [-0.39, 0.29) is 5.91 Å². The van der Waals surface area contributed by atoms with Crippen molar-refractivity contribution in [3.8, 4) is 11.5 Å². The molecule has 5 heteroatoms. The molecular weight excluding hydrogens is 376 g/mol. The molecule has 0 aromatic heterocycles. The third-order valence-corrected chi connectivity index (χ3v) is 4.21. The molecule has 3 aromatic carbocycles. The van der Waals surface area contributed by atoms with Crippen LogP contribution in [0.3, 0.4) is 0 Å². The molecule has 0 bridgehead atoms. The van der Waals surface area contributed by atoms with Crippen molar-refractivity contribution in [1.82, 2.24) is 5.43 Å². The highest BCUT2D eigenvalue weighted by atomic mass is 16.5. The number of ether oxygens (including phenoxy) is 2. The number of hydrogen-bond donors (Lipinski definition) is 1. The molecule has 1 amide bonds. The van der Waals surface area contributed by atoms with Gasteiger partial charge in [-0.15, -0.1) is 0 Å². The zero-order valence-corrected chi connectivity index (χ0v) is 17.2. The standard InChI is InChI=1S/C25H26N2O3/c1-19(2)17-29-24-14-10-22(11-15-24)25(28)27-26-16-20-8-12-23(13-9-20)30-18-21-6-4-3-5-7-21/h3-16,19H,17-18H2,1-2H3,(H,27,28)/b26-16+. The van der Waals surface area contributed by atoms with Gasteiger partial charge in [-0.3, -0.25) is 4.79 Å². The fourth-order valence-corrected chi connectivity index (χ4v) is 2.59. The predicted octanol–water partition coefficient (Wildman–Crippen LogP) is 5.06. The van der Waals surface area contributed by atoms with Gasteiger partial charge in [-0.1, -0.05) is 44.2 Å². The van der Waals surface area contributed by atoms with Gasteiger partial charge >= 0.3 is 0 Å². The summed E-state index contributed by atoms with van der Waals surface area (Å²) in [7, 11) is 0. The summed E-state index contributed by atoms with van der Waals surface area (Å²) in [5.41, 5.74) is 5.04. The molecule has 0 saturated heterocycles. The molecule has 0 aliphatic rings. The van der Waals surface area contributed by atoms with Crippen molar-refractivity contribution in [2.24, 2.45) is 11.0 Å². The molecule has 0 unspecified atom stereocenters. The van der Waals surface area contributed by atoms with Crippen molar-refractivity contribution in [2.75, 3.05) is 6.61 Å². The van der Waals surface area contributed by atoms with Crippen LogP contribution in [0.15, 0.2) is 84.0 Å². The zero-order chi connectivity index (χ0) is 21.2. The van der Waals surface area contributed by atoms with Crippen molar-refractivity contribution in [1.29, 1.82) is 0 Å². The lowest BCUT2D eigenvalue weighted by molar-refractivity contribution is 0.0955. The Labute approximate surface area is 177 Å². The highest BCUT2D eigenvalue weighted by Gasteiger charge is 2.05. The normalized spacial score (nSPS) is 10.9. The molecule has 1 N–H and O–H groups in total. The van der Waals surface area contributed by atoms with Crippen LogP contribution >= 0.6 is 0 Å². The van der Waals surface area contributed by atoms with Crippen molar-refractivity contribution in [3.63, 3.8) is 0 Å². The first-order chi connectivity index (χ1) is 14.6. The fourth-order valence-electron chi connectivity index (χ4n) is 2.59. The average molecular weight is 402 g/mol. The molecule has 30 heavy (non-hydrogen) atoms. The van der Waals surface area contributed by atoms with E-state index in [2.05, 4.69) is 24.4 Å². The number of rotatable bonds is 9. The van der Waals surface area contributed by atoms with Crippen LogP contribution in [0.5, 0.6) is 11.5 Å². The Morgan fingerprint density at radius 2 is 1.53 bits per heavy atom. The molecule has 3 aromatic rings. The van der Waals surface area contributed by atoms with Crippen LogP contribution < -0.4 is 14.9 Å². The Balaban J connectivity index is 1.46. The number of hydrogen-bond acceptors (Lipinski definition) is 4. The van der Waals surface area contributed by atoms with E-state index in [0.717, 1.165) is 22.6 Å². The monoisotopic (exact) mass is 402 g/mol. The third kappa shape index (κ3) is 6.78. The quantitative estimate of drug-likeness (QED) is 0.402. The largest absolute Gasteiger partial charge is 0.493 e. The van der Waals surface area contributed by atoms with Gasteiger partial charge in [-0.25, -0.2) is 5.43 Å². The molecule has 5 nitrogen and oxygen atoms in total. The summed E-state index contributed by atoms with van der Waals surface area (Å²) in [5.74, 6) is 1.70. The zero-order valence-electron chi connectivity index (χ0n) is 17.2. The first-order valence-electron chi connectivity index (χ1n) is 9.93. The van der Waals surface area contributed by atoms with E-state index in [0.29, 0.717) is 24.7 Å². The van der Waals surface area contributed by atoms with Crippen LogP contribution in [0, 0.1) is 5.92 Å². The summed E-state index contributed by atoms with van der Waals surface area (Å²) >= 11 is 0. The average Bonchev–Trinajstić information content (AvgIpc) is 2.78. The molecule has 154 valence electrons. The molecule has 0 heterocycles. The molecule has 0 atom stereocenters. The maximum atomic E-state index is 12.2. The topological polar surface area (TPSA) is 59.9 Å². The van der Waals surface area contributed by atoms with Gasteiger partial charge in [0.05, 0.1) is 12.8 Å². The van der Waals surface area contributed by atoms with Crippen molar-refractivity contribution < 1.29 is 14.3 Å². The van der Waals surface area contributed by atoms with Crippen molar-refractivity contribution in [3.05, 3.63) is 95.6 Å². The van der Waals surface area contributed by atoms with Gasteiger partial charge in [0.1, 0.15) is 18.1 Å². The lowest BCUT2D eigenvalue weighted by Gasteiger charge is -2.08. The maximum absolute atomic E-state index is 12.2. The van der Waals surface area contributed by atoms with Gasteiger partial charge in [0, 0.05) is 5.56 Å². The molecular formula is C25H26N2O3. The van der Waals surface area contributed by atoms with E-state index in [9.17, 15) is 4.79 Å². The predicted molar refractivity (Wildman–Crippen MR) is 119 cm³/mol. The highest BCUT2D eigenvalue weighted by molar-refractivity contribution is 5.95. The van der Waals surface area contributed by atoms with Crippen LogP contribution in [0.25, 0.3) is 0 Å². The molecule has 0 aliphatic heterocycles. The van der Waals surface area contributed by atoms with Crippen LogP contribution in [-0.2, 0) is 6.61 Å². The molecule has 0 spiro atoms. The molecule has 0 saturated carbocycles. The van der Waals surface area contributed by atoms with Gasteiger partial charge < -0.3 is 9.47 Å². The molecule has 3 rings (SSSR count).